The SMILES string of the molecule is CC/C=C\C/C=C\C/C=C\C/C=C\C/C=C\C/C=C\CCC(=O)OC[C@H](COP(=O)(O)OC[C@@H](O)COP(=O)(O)OC[C@@H](COC(=O)CC/C=C\C/C=C\C/C=C\C/C=C\C/C=C\CCCCC)OC(=O)CCCCC/C=C\C/C=C\C/C=C\C/C=C\C/C=C\CC)OC(=O)CCC/C=C\C/C=C\C/C=C\C/C=C\CCCCC. The summed E-state index contributed by atoms with van der Waals surface area (Å²) in [4.78, 5) is 73.2. The van der Waals surface area contributed by atoms with Crippen LogP contribution in [0.2, 0.25) is 0 Å². The molecule has 0 aromatic carbocycles. The minimum absolute atomic E-state index is 0.0107. The van der Waals surface area contributed by atoms with Crippen molar-refractivity contribution in [2.75, 3.05) is 39.6 Å². The molecule has 0 aliphatic rings. The summed E-state index contributed by atoms with van der Waals surface area (Å²) in [6, 6.07) is 0. The van der Waals surface area contributed by atoms with Gasteiger partial charge in [0, 0.05) is 25.7 Å². The zero-order valence-electron chi connectivity index (χ0n) is 69.9. The summed E-state index contributed by atoms with van der Waals surface area (Å²) < 4.78 is 68.5. The minimum atomic E-state index is -5.04. The largest absolute Gasteiger partial charge is 0.472 e. The van der Waals surface area contributed by atoms with Crippen molar-refractivity contribution in [3.8, 4) is 0 Å². The molecule has 19 heteroatoms. The number of allylic oxidation sites excluding steroid dienone is 40. The highest BCUT2D eigenvalue weighted by Gasteiger charge is 2.30. The van der Waals surface area contributed by atoms with Gasteiger partial charge >= 0.3 is 39.5 Å². The van der Waals surface area contributed by atoms with Crippen molar-refractivity contribution >= 4 is 39.5 Å². The standard InChI is InChI=1S/C95H146O17P2/c1-5-9-13-17-21-25-29-33-37-41-44-48-51-55-59-63-67-71-75-79-92(97)105-85-90(111-94(99)81-77-73-69-65-61-57-53-47-40-36-32-28-24-20-16-12-8-4)87-109-113(101,102)107-83-89(96)84-108-114(103,104)110-88-91(112-95(100)82-78-74-70-66-62-58-54-50-46-43-39-35-31-27-23-19-15-11-7-3)86-106-93(98)80-76-72-68-64-60-56-52-49-45-42-38-34-30-26-22-18-14-10-6-2/h9,11,13,15,21-28,33-40,44-46,48-50,53,55-60,62,65,67-69,71-72,89-91,96H,5-8,10,12,14,16-20,29-32,41-43,47,51-52,54,61,63-64,66,70,73-88H2,1-4H3,(H,101,102)(H,103,104)/b13-9-,15-11-,25-21-,26-22-,27-23-,28-24-,37-33-,38-34-,39-35-,40-36-,48-44-,49-45-,50-46-,57-53-,59-55-,60-56-,62-58-,69-65-,71-67-,72-68-/t89-,90-,91-/m1/s1. The predicted molar refractivity (Wildman–Crippen MR) is 472 cm³/mol. The Bertz CT molecular complexity index is 3120. The summed E-state index contributed by atoms with van der Waals surface area (Å²) in [7, 11) is -10.1. The Morgan fingerprint density at radius 3 is 0.754 bits per heavy atom. The molecule has 0 spiro atoms. The smallest absolute Gasteiger partial charge is 0.462 e. The second-order valence-electron chi connectivity index (χ2n) is 26.9. The monoisotopic (exact) mass is 1620 g/mol. The van der Waals surface area contributed by atoms with Gasteiger partial charge in [0.1, 0.15) is 19.3 Å². The zero-order chi connectivity index (χ0) is 83.1. The van der Waals surface area contributed by atoms with Crippen LogP contribution in [0.15, 0.2) is 243 Å². The van der Waals surface area contributed by atoms with Gasteiger partial charge in [0.2, 0.25) is 0 Å². The van der Waals surface area contributed by atoms with Crippen LogP contribution < -0.4 is 0 Å². The van der Waals surface area contributed by atoms with E-state index in [1.807, 2.05) is 48.6 Å². The third kappa shape index (κ3) is 82.8. The maximum absolute atomic E-state index is 13.1. The molecule has 0 aromatic heterocycles. The van der Waals surface area contributed by atoms with Gasteiger partial charge in [0.05, 0.1) is 26.4 Å². The number of carbonyl (C=O) groups excluding carboxylic acids is 4. The number of unbranched alkanes of at least 4 members (excludes halogenated alkanes) is 10. The molecule has 0 rings (SSSR count). The lowest BCUT2D eigenvalue weighted by molar-refractivity contribution is -0.161. The number of phosphoric ester groups is 2. The first-order valence-corrected chi connectivity index (χ1v) is 45.3. The first-order valence-electron chi connectivity index (χ1n) is 42.3. The topological polar surface area (TPSA) is 237 Å². The van der Waals surface area contributed by atoms with E-state index in [1.54, 1.807) is 0 Å². The van der Waals surface area contributed by atoms with Crippen LogP contribution in [0.3, 0.4) is 0 Å². The van der Waals surface area contributed by atoms with E-state index >= 15 is 0 Å². The molecule has 5 atom stereocenters. The van der Waals surface area contributed by atoms with Gasteiger partial charge in [-0.25, -0.2) is 9.13 Å². The number of hydrogen-bond donors (Lipinski definition) is 3. The molecule has 0 bridgehead atoms. The average molecular weight is 1620 g/mol. The van der Waals surface area contributed by atoms with Crippen molar-refractivity contribution in [3.05, 3.63) is 243 Å². The molecule has 0 saturated carbocycles. The number of phosphoric acid groups is 2. The fourth-order valence-electron chi connectivity index (χ4n) is 9.95. The molecule has 0 heterocycles. The first kappa shape index (κ1) is 107. The molecule has 114 heavy (non-hydrogen) atoms. The van der Waals surface area contributed by atoms with E-state index in [2.05, 4.69) is 222 Å². The molecule has 0 amide bonds. The number of hydrogen-bond acceptors (Lipinski definition) is 15. The fourth-order valence-corrected chi connectivity index (χ4v) is 11.5. The number of ether oxygens (including phenoxy) is 4. The summed E-state index contributed by atoms with van der Waals surface area (Å²) in [5, 5.41) is 10.7. The van der Waals surface area contributed by atoms with Crippen molar-refractivity contribution in [2.24, 2.45) is 0 Å². The van der Waals surface area contributed by atoms with Crippen molar-refractivity contribution < 1.29 is 80.2 Å². The third-order valence-electron chi connectivity index (χ3n) is 16.3. The van der Waals surface area contributed by atoms with Gasteiger partial charge < -0.3 is 33.8 Å². The van der Waals surface area contributed by atoms with Gasteiger partial charge in [0.25, 0.3) is 0 Å². The van der Waals surface area contributed by atoms with E-state index in [1.165, 1.54) is 38.5 Å². The van der Waals surface area contributed by atoms with E-state index in [4.69, 9.17) is 37.0 Å². The molecule has 0 aliphatic heterocycles. The number of esters is 4. The number of aliphatic hydroxyl groups excluding tert-OH is 1. The van der Waals surface area contributed by atoms with E-state index in [-0.39, 0.29) is 25.7 Å². The van der Waals surface area contributed by atoms with Crippen LogP contribution in [-0.4, -0.2) is 96.7 Å². The molecule has 0 radical (unpaired) electrons. The Morgan fingerprint density at radius 1 is 0.254 bits per heavy atom. The van der Waals surface area contributed by atoms with E-state index < -0.39 is 97.5 Å². The molecule has 3 N–H and O–H groups in total. The van der Waals surface area contributed by atoms with Gasteiger partial charge in [-0.15, -0.1) is 0 Å². The minimum Gasteiger partial charge on any atom is -0.462 e. The number of rotatable bonds is 76. The van der Waals surface area contributed by atoms with Crippen molar-refractivity contribution in [3.63, 3.8) is 0 Å². The Balaban J connectivity index is 5.64. The second kappa shape index (κ2) is 83.8. The van der Waals surface area contributed by atoms with Crippen LogP contribution in [0, 0.1) is 0 Å². The van der Waals surface area contributed by atoms with Gasteiger partial charge in [-0.3, -0.25) is 37.3 Å². The Labute approximate surface area is 688 Å². The van der Waals surface area contributed by atoms with Crippen LogP contribution in [0.25, 0.3) is 0 Å². The van der Waals surface area contributed by atoms with E-state index in [9.17, 15) is 43.2 Å². The lowest BCUT2D eigenvalue weighted by Gasteiger charge is -2.21. The zero-order valence-corrected chi connectivity index (χ0v) is 71.7. The Morgan fingerprint density at radius 2 is 0.482 bits per heavy atom. The van der Waals surface area contributed by atoms with Gasteiger partial charge in [-0.2, -0.15) is 0 Å². The Hall–Kier alpha value is -7.14. The van der Waals surface area contributed by atoms with Gasteiger partial charge in [0.15, 0.2) is 12.2 Å². The maximum Gasteiger partial charge on any atom is 0.472 e. The number of carbonyl (C=O) groups is 4. The molecular weight excluding hydrogens is 1470 g/mol. The molecule has 17 nitrogen and oxygen atoms in total. The van der Waals surface area contributed by atoms with Crippen LogP contribution >= 0.6 is 15.6 Å². The van der Waals surface area contributed by atoms with Crippen molar-refractivity contribution in [1.29, 1.82) is 0 Å². The van der Waals surface area contributed by atoms with Crippen molar-refractivity contribution in [1.82, 2.24) is 0 Å². The summed E-state index contributed by atoms with van der Waals surface area (Å²) in [6.07, 6.45) is 110. The summed E-state index contributed by atoms with van der Waals surface area (Å²) in [6.45, 7) is 4.28. The predicted octanol–water partition coefficient (Wildman–Crippen LogP) is 25.6. The lowest BCUT2D eigenvalue weighted by atomic mass is 10.1. The van der Waals surface area contributed by atoms with Gasteiger partial charge in [-0.1, -0.05) is 303 Å². The second-order valence-corrected chi connectivity index (χ2v) is 29.8. The number of aliphatic hydroxyl groups is 1. The molecule has 0 fully saturated rings. The summed E-state index contributed by atoms with van der Waals surface area (Å²) >= 11 is 0. The van der Waals surface area contributed by atoms with Crippen molar-refractivity contribution in [2.45, 2.75) is 290 Å². The maximum atomic E-state index is 13.1. The summed E-state index contributed by atoms with van der Waals surface area (Å²) in [5.41, 5.74) is 0. The first-order chi connectivity index (χ1) is 55.7. The molecular formula is C95H146O17P2. The highest BCUT2D eigenvalue weighted by atomic mass is 31.2. The molecule has 2 unspecified atom stereocenters. The lowest BCUT2D eigenvalue weighted by Crippen LogP contribution is -2.30. The van der Waals surface area contributed by atoms with Crippen LogP contribution in [-0.2, 0) is 65.4 Å². The normalized spacial score (nSPS) is 15.0. The highest BCUT2D eigenvalue weighted by Crippen LogP contribution is 2.45. The quantitative estimate of drug-likeness (QED) is 0.0169. The van der Waals surface area contributed by atoms with Crippen LogP contribution in [0.5, 0.6) is 0 Å². The molecule has 0 saturated heterocycles. The molecule has 0 aromatic rings. The van der Waals surface area contributed by atoms with Gasteiger partial charge in [-0.05, 0) is 186 Å². The summed E-state index contributed by atoms with van der Waals surface area (Å²) in [5.74, 6) is -2.51. The van der Waals surface area contributed by atoms with Crippen LogP contribution in [0.4, 0.5) is 0 Å². The third-order valence-corrected chi connectivity index (χ3v) is 18.2. The van der Waals surface area contributed by atoms with E-state index in [0.29, 0.717) is 44.9 Å². The molecule has 0 aliphatic carbocycles. The average Bonchev–Trinajstić information content (AvgIpc) is 0.899. The highest BCUT2D eigenvalue weighted by molar-refractivity contribution is 7.47. The Kier molecular flexibility index (Phi) is 78.5. The van der Waals surface area contributed by atoms with Crippen LogP contribution in [0.1, 0.15) is 272 Å². The van der Waals surface area contributed by atoms with E-state index in [0.717, 1.165) is 135 Å². The fraction of sp³-hybridized carbons (Fsp3) is 0.537. The molecule has 638 valence electrons.